The molecule has 3 nitrogen and oxygen atoms in total. The monoisotopic (exact) mass is 299 g/mol. The van der Waals surface area contributed by atoms with Crippen molar-refractivity contribution in [2.24, 2.45) is 0 Å². The van der Waals surface area contributed by atoms with Crippen molar-refractivity contribution in [2.45, 2.75) is 46.4 Å². The van der Waals surface area contributed by atoms with Crippen molar-refractivity contribution < 1.29 is 9.47 Å². The van der Waals surface area contributed by atoms with E-state index in [-0.39, 0.29) is 12.3 Å². The summed E-state index contributed by atoms with van der Waals surface area (Å²) in [6, 6.07) is 6.11. The van der Waals surface area contributed by atoms with Crippen LogP contribution in [0.15, 0.2) is 18.2 Å². The van der Waals surface area contributed by atoms with Crippen LogP contribution >= 0.6 is 11.6 Å². The third kappa shape index (κ3) is 5.06. The first kappa shape index (κ1) is 17.4. The van der Waals surface area contributed by atoms with E-state index in [4.69, 9.17) is 21.1 Å². The Kier molecular flexibility index (Phi) is 8.15. The number of nitrogens with one attached hydrogen (secondary N) is 1. The van der Waals surface area contributed by atoms with E-state index in [1.165, 1.54) is 0 Å². The van der Waals surface area contributed by atoms with Gasteiger partial charge in [-0.2, -0.15) is 0 Å². The Morgan fingerprint density at radius 1 is 1.15 bits per heavy atom. The third-order valence-corrected chi connectivity index (χ3v) is 3.51. The van der Waals surface area contributed by atoms with Gasteiger partial charge in [0.1, 0.15) is 0 Å². The van der Waals surface area contributed by atoms with E-state index >= 15 is 0 Å². The zero-order valence-corrected chi connectivity index (χ0v) is 13.7. The maximum atomic E-state index is 6.24. The third-order valence-electron chi connectivity index (χ3n) is 3.10. The van der Waals surface area contributed by atoms with Gasteiger partial charge in [0.25, 0.3) is 0 Å². The molecular formula is C16H26ClNO2. The minimum Gasteiger partial charge on any atom is -0.351 e. The Morgan fingerprint density at radius 2 is 1.80 bits per heavy atom. The van der Waals surface area contributed by atoms with Gasteiger partial charge in [-0.3, -0.25) is 0 Å². The normalized spacial score (nSPS) is 12.9. The molecule has 0 fully saturated rings. The van der Waals surface area contributed by atoms with Gasteiger partial charge in [0.15, 0.2) is 6.29 Å². The molecule has 0 saturated carbocycles. The van der Waals surface area contributed by atoms with E-state index < -0.39 is 0 Å². The molecule has 4 heteroatoms. The fraction of sp³-hybridized carbons (Fsp3) is 0.625. The van der Waals surface area contributed by atoms with Gasteiger partial charge >= 0.3 is 0 Å². The lowest BCUT2D eigenvalue weighted by atomic mass is 10.0. The van der Waals surface area contributed by atoms with E-state index in [1.807, 2.05) is 32.9 Å². The van der Waals surface area contributed by atoms with Crippen LogP contribution in [0, 0.1) is 6.92 Å². The highest BCUT2D eigenvalue weighted by Gasteiger charge is 2.24. The Hall–Kier alpha value is -0.610. The van der Waals surface area contributed by atoms with E-state index in [2.05, 4.69) is 18.3 Å². The zero-order chi connectivity index (χ0) is 15.0. The van der Waals surface area contributed by atoms with Crippen LogP contribution in [-0.2, 0) is 9.47 Å². The molecule has 0 aliphatic heterocycles. The summed E-state index contributed by atoms with van der Waals surface area (Å²) in [7, 11) is 0. The molecule has 1 N–H and O–H groups in total. The second kappa shape index (κ2) is 9.35. The number of hydrogen-bond acceptors (Lipinski definition) is 3. The number of rotatable bonds is 9. The number of hydrogen-bond donors (Lipinski definition) is 1. The largest absolute Gasteiger partial charge is 0.351 e. The first-order valence-corrected chi connectivity index (χ1v) is 7.74. The van der Waals surface area contributed by atoms with Gasteiger partial charge < -0.3 is 14.8 Å². The molecule has 0 aliphatic carbocycles. The van der Waals surface area contributed by atoms with Crippen LogP contribution in [-0.4, -0.2) is 26.0 Å². The van der Waals surface area contributed by atoms with Crippen molar-refractivity contribution in [3.05, 3.63) is 34.3 Å². The van der Waals surface area contributed by atoms with Crippen molar-refractivity contribution in [3.63, 3.8) is 0 Å². The summed E-state index contributed by atoms with van der Waals surface area (Å²) in [6.45, 7) is 10.2. The second-order valence-corrected chi connectivity index (χ2v) is 5.13. The van der Waals surface area contributed by atoms with E-state index in [0.29, 0.717) is 13.2 Å². The quantitative estimate of drug-likeness (QED) is 0.697. The predicted octanol–water partition coefficient (Wildman–Crippen LogP) is 4.09. The van der Waals surface area contributed by atoms with E-state index in [1.54, 1.807) is 0 Å². The molecule has 1 atom stereocenters. The predicted molar refractivity (Wildman–Crippen MR) is 84.3 cm³/mol. The summed E-state index contributed by atoms with van der Waals surface area (Å²) in [5, 5.41) is 4.27. The smallest absolute Gasteiger partial charge is 0.176 e. The lowest BCUT2D eigenvalue weighted by molar-refractivity contribution is -0.155. The van der Waals surface area contributed by atoms with Crippen molar-refractivity contribution in [3.8, 4) is 0 Å². The van der Waals surface area contributed by atoms with Gasteiger partial charge in [-0.15, -0.1) is 0 Å². The summed E-state index contributed by atoms with van der Waals surface area (Å²) in [4.78, 5) is 0. The molecule has 20 heavy (non-hydrogen) atoms. The molecule has 1 aromatic rings. The highest BCUT2D eigenvalue weighted by atomic mass is 35.5. The van der Waals surface area contributed by atoms with E-state index in [0.717, 1.165) is 29.1 Å². The molecule has 1 rings (SSSR count). The molecule has 0 spiro atoms. The van der Waals surface area contributed by atoms with Gasteiger partial charge in [-0.25, -0.2) is 0 Å². The van der Waals surface area contributed by atoms with Gasteiger partial charge in [0, 0.05) is 18.2 Å². The molecule has 0 amide bonds. The Labute approximate surface area is 127 Å². The van der Waals surface area contributed by atoms with Crippen molar-refractivity contribution in [1.82, 2.24) is 5.32 Å². The lowest BCUT2D eigenvalue weighted by Gasteiger charge is -2.28. The average molecular weight is 300 g/mol. The van der Waals surface area contributed by atoms with Crippen LogP contribution in [0.2, 0.25) is 5.02 Å². The molecule has 114 valence electrons. The first-order chi connectivity index (χ1) is 9.63. The summed E-state index contributed by atoms with van der Waals surface area (Å²) < 4.78 is 11.5. The molecular weight excluding hydrogens is 274 g/mol. The maximum absolute atomic E-state index is 6.24. The van der Waals surface area contributed by atoms with Gasteiger partial charge in [0.05, 0.1) is 6.04 Å². The summed E-state index contributed by atoms with van der Waals surface area (Å²) in [5.74, 6) is 0. The molecule has 1 aromatic carbocycles. The highest BCUT2D eigenvalue weighted by molar-refractivity contribution is 6.31. The lowest BCUT2D eigenvalue weighted by Crippen LogP contribution is -2.36. The van der Waals surface area contributed by atoms with Gasteiger partial charge in [0.2, 0.25) is 0 Å². The second-order valence-electron chi connectivity index (χ2n) is 4.72. The van der Waals surface area contributed by atoms with Crippen LogP contribution in [0.25, 0.3) is 0 Å². The summed E-state index contributed by atoms with van der Waals surface area (Å²) in [5.41, 5.74) is 2.18. The van der Waals surface area contributed by atoms with Crippen molar-refractivity contribution in [2.75, 3.05) is 19.8 Å². The number of ether oxygens (including phenoxy) is 2. The standard InChI is InChI=1S/C16H26ClNO2/c1-5-10-18-15(16(19-6-2)20-7-3)13-9-8-12(4)14(17)11-13/h8-9,11,15-16,18H,5-7,10H2,1-4H3. The number of benzene rings is 1. The Bertz CT molecular complexity index is 392. The molecule has 1 unspecified atom stereocenters. The van der Waals surface area contributed by atoms with Crippen LogP contribution in [0.5, 0.6) is 0 Å². The highest BCUT2D eigenvalue weighted by Crippen LogP contribution is 2.25. The molecule has 0 aromatic heterocycles. The van der Waals surface area contributed by atoms with E-state index in [9.17, 15) is 0 Å². The van der Waals surface area contributed by atoms with Crippen LogP contribution in [0.1, 0.15) is 44.4 Å². The Balaban J connectivity index is 2.98. The summed E-state index contributed by atoms with van der Waals surface area (Å²) >= 11 is 6.24. The Morgan fingerprint density at radius 3 is 2.30 bits per heavy atom. The average Bonchev–Trinajstić information content (AvgIpc) is 2.43. The molecule has 0 bridgehead atoms. The SMILES string of the molecule is CCCNC(c1ccc(C)c(Cl)c1)C(OCC)OCC. The fourth-order valence-electron chi connectivity index (χ4n) is 2.04. The minimum absolute atomic E-state index is 0.00653. The van der Waals surface area contributed by atoms with Crippen LogP contribution in [0.4, 0.5) is 0 Å². The molecule has 0 saturated heterocycles. The topological polar surface area (TPSA) is 30.5 Å². The molecule has 0 heterocycles. The fourth-order valence-corrected chi connectivity index (χ4v) is 2.23. The van der Waals surface area contributed by atoms with Crippen LogP contribution in [0.3, 0.4) is 0 Å². The summed E-state index contributed by atoms with van der Waals surface area (Å²) in [6.07, 6.45) is 0.761. The maximum Gasteiger partial charge on any atom is 0.176 e. The van der Waals surface area contributed by atoms with Gasteiger partial charge in [-0.05, 0) is 50.9 Å². The minimum atomic E-state index is -0.296. The number of halogens is 1. The van der Waals surface area contributed by atoms with Crippen molar-refractivity contribution >= 4 is 11.6 Å². The zero-order valence-electron chi connectivity index (χ0n) is 12.9. The first-order valence-electron chi connectivity index (χ1n) is 7.36. The number of aryl methyl sites for hydroxylation is 1. The van der Waals surface area contributed by atoms with Crippen LogP contribution < -0.4 is 5.32 Å². The molecule has 0 radical (unpaired) electrons. The van der Waals surface area contributed by atoms with Crippen molar-refractivity contribution in [1.29, 1.82) is 0 Å². The molecule has 0 aliphatic rings. The van der Waals surface area contributed by atoms with Gasteiger partial charge in [-0.1, -0.05) is 30.7 Å².